The Morgan fingerprint density at radius 1 is 0.952 bits per heavy atom. The van der Waals surface area contributed by atoms with E-state index >= 15 is 4.79 Å². The highest BCUT2D eigenvalue weighted by molar-refractivity contribution is 5.99. The van der Waals surface area contributed by atoms with E-state index < -0.39 is 52.1 Å². The number of aliphatic hydroxyl groups is 1. The molecule has 4 saturated carbocycles. The van der Waals surface area contributed by atoms with Gasteiger partial charge in [0.05, 0.1) is 0 Å². The Bertz CT molecular complexity index is 1730. The topological polar surface area (TPSA) is 163 Å². The van der Waals surface area contributed by atoms with Gasteiger partial charge in [0.2, 0.25) is 17.7 Å². The summed E-state index contributed by atoms with van der Waals surface area (Å²) in [5, 5.41) is 16.9. The van der Waals surface area contributed by atoms with Crippen LogP contribution in [0, 0.1) is 50.8 Å². The summed E-state index contributed by atoms with van der Waals surface area (Å²) in [5.74, 6) is 4.93. The van der Waals surface area contributed by atoms with Crippen molar-refractivity contribution >= 4 is 29.6 Å². The Morgan fingerprint density at radius 2 is 1.55 bits per heavy atom. The molecule has 4 aliphatic carbocycles. The van der Waals surface area contributed by atoms with E-state index in [1.54, 1.807) is 38.7 Å². The molecule has 4 N–H and O–H groups in total. The van der Waals surface area contributed by atoms with Gasteiger partial charge in [-0.05, 0) is 115 Å². The maximum atomic E-state index is 15.3. The molecule has 3 saturated heterocycles. The number of ketones is 1. The van der Waals surface area contributed by atoms with Gasteiger partial charge in [-0.1, -0.05) is 67.4 Å². The molecular formula is C50H90N4O8. The van der Waals surface area contributed by atoms with Crippen molar-refractivity contribution in [3.8, 4) is 11.8 Å². The van der Waals surface area contributed by atoms with Crippen molar-refractivity contribution in [2.24, 2.45) is 38.9 Å². The number of rotatable bonds is 6. The van der Waals surface area contributed by atoms with Crippen LogP contribution < -0.4 is 16.0 Å². The van der Waals surface area contributed by atoms with E-state index in [9.17, 15) is 19.2 Å². The summed E-state index contributed by atoms with van der Waals surface area (Å²) in [4.78, 5) is 72.9. The van der Waals surface area contributed by atoms with Crippen LogP contribution in [0.15, 0.2) is 12.7 Å². The molecule has 0 aromatic heterocycles. The first-order valence-corrected chi connectivity index (χ1v) is 23.9. The van der Waals surface area contributed by atoms with Gasteiger partial charge < -0.3 is 35.4 Å². The number of fused-ring (bicyclic) bond motifs is 5. The van der Waals surface area contributed by atoms with Crippen LogP contribution in [0.3, 0.4) is 0 Å². The Labute approximate surface area is 379 Å². The van der Waals surface area contributed by atoms with Gasteiger partial charge in [0, 0.05) is 61.7 Å². The van der Waals surface area contributed by atoms with Crippen molar-refractivity contribution < 1.29 is 44.3 Å². The molecule has 4 bridgehead atoms. The number of hydrogen-bond donors (Lipinski definition) is 4. The monoisotopic (exact) mass is 875 g/mol. The molecule has 7 aliphatic rings. The van der Waals surface area contributed by atoms with Crippen LogP contribution in [0.25, 0.3) is 0 Å². The van der Waals surface area contributed by atoms with E-state index in [4.69, 9.17) is 14.6 Å². The number of alkyl carbamates (subject to hydrolysis) is 1. The van der Waals surface area contributed by atoms with Gasteiger partial charge in [0.15, 0.2) is 5.78 Å². The first kappa shape index (κ1) is 51.2. The van der Waals surface area contributed by atoms with Gasteiger partial charge in [-0.25, -0.2) is 4.79 Å². The summed E-state index contributed by atoms with van der Waals surface area (Å²) in [6.45, 7) is 28.8. The lowest BCUT2D eigenvalue weighted by atomic mass is 9.60. The largest absolute Gasteiger partial charge is 0.444 e. The molecule has 12 nitrogen and oxygen atoms in total. The first-order valence-electron chi connectivity index (χ1n) is 23.9. The lowest BCUT2D eigenvalue weighted by molar-refractivity contribution is -0.148. The number of carbonyl (C=O) groups excluding carboxylic acids is 5. The van der Waals surface area contributed by atoms with E-state index in [1.807, 2.05) is 20.8 Å². The minimum Gasteiger partial charge on any atom is -0.444 e. The maximum Gasteiger partial charge on any atom is 0.408 e. The number of carbonyl (C=O) groups is 5. The summed E-state index contributed by atoms with van der Waals surface area (Å²) in [6, 6.07) is -2.64. The molecular weight excluding hydrogens is 785 g/mol. The van der Waals surface area contributed by atoms with E-state index in [0.717, 1.165) is 57.8 Å². The van der Waals surface area contributed by atoms with Crippen LogP contribution in [-0.2, 0) is 28.7 Å². The molecule has 2 spiro atoms. The Balaban J connectivity index is 0.00000255. The number of amides is 4. The molecule has 12 heteroatoms. The van der Waals surface area contributed by atoms with Crippen LogP contribution in [0.5, 0.6) is 0 Å². The van der Waals surface area contributed by atoms with Crippen LogP contribution in [0.4, 0.5) is 4.79 Å². The van der Waals surface area contributed by atoms with E-state index in [0.29, 0.717) is 45.4 Å². The van der Waals surface area contributed by atoms with Crippen LogP contribution in [0.1, 0.15) is 172 Å². The van der Waals surface area contributed by atoms with Crippen LogP contribution in [-0.4, -0.2) is 95.2 Å². The van der Waals surface area contributed by atoms with Crippen LogP contribution in [0.2, 0.25) is 0 Å². The minimum absolute atomic E-state index is 0. The normalized spacial score (nSPS) is 35.7. The fourth-order valence-corrected chi connectivity index (χ4v) is 12.6. The number of nitrogens with zero attached hydrogens (tertiary/aromatic N) is 1. The second-order valence-electron chi connectivity index (χ2n) is 20.6. The lowest BCUT2D eigenvalue weighted by Gasteiger charge is -2.48. The molecule has 62 heavy (non-hydrogen) atoms. The number of nitrogens with one attached hydrogen (secondary N) is 3. The Hall–Kier alpha value is -3.43. The molecule has 0 aromatic rings. The zero-order valence-corrected chi connectivity index (χ0v) is 40.4. The summed E-state index contributed by atoms with van der Waals surface area (Å²) in [6.07, 6.45) is 11.9. The molecule has 7 rings (SSSR count). The van der Waals surface area contributed by atoms with Crippen molar-refractivity contribution in [3.05, 3.63) is 12.7 Å². The quantitative estimate of drug-likeness (QED) is 0.152. The number of hydrogen-bond acceptors (Lipinski definition) is 8. The number of aliphatic hydroxyl groups excluding tert-OH is 1. The van der Waals surface area contributed by atoms with E-state index in [-0.39, 0.29) is 58.0 Å². The second kappa shape index (κ2) is 19.8. The Kier molecular flexibility index (Phi) is 16.3. The van der Waals surface area contributed by atoms with Gasteiger partial charge in [-0.15, -0.1) is 18.4 Å². The molecule has 7 fully saturated rings. The van der Waals surface area contributed by atoms with Crippen molar-refractivity contribution in [1.82, 2.24) is 20.9 Å². The third kappa shape index (κ3) is 9.23. The third-order valence-corrected chi connectivity index (χ3v) is 16.1. The van der Waals surface area contributed by atoms with Gasteiger partial charge >= 0.3 is 6.09 Å². The Morgan fingerprint density at radius 3 is 2.03 bits per heavy atom. The lowest BCUT2D eigenvalue weighted by Crippen LogP contribution is -2.65. The highest BCUT2D eigenvalue weighted by atomic mass is 16.6. The summed E-state index contributed by atoms with van der Waals surface area (Å²) < 4.78 is 11.4. The molecule has 0 radical (unpaired) electrons. The maximum absolute atomic E-state index is 15.3. The molecule has 3 unspecified atom stereocenters. The zero-order valence-electron chi connectivity index (χ0n) is 40.4. The van der Waals surface area contributed by atoms with E-state index in [1.165, 1.54) is 6.92 Å². The van der Waals surface area contributed by atoms with Crippen molar-refractivity contribution in [2.45, 2.75) is 196 Å². The molecule has 4 amide bonds. The van der Waals surface area contributed by atoms with Crippen molar-refractivity contribution in [1.29, 1.82) is 0 Å². The molecule has 9 atom stereocenters. The predicted molar refractivity (Wildman–Crippen MR) is 251 cm³/mol. The first-order chi connectivity index (χ1) is 29.1. The highest BCUT2D eigenvalue weighted by Crippen LogP contribution is 2.91. The summed E-state index contributed by atoms with van der Waals surface area (Å²) in [5.41, 5.74) is -3.39. The predicted octanol–water partition coefficient (Wildman–Crippen LogP) is 8.64. The van der Waals surface area contributed by atoms with Crippen molar-refractivity contribution in [3.63, 3.8) is 0 Å². The fraction of sp³-hybridized carbons (Fsp3) is 0.820. The second-order valence-corrected chi connectivity index (χ2v) is 20.6. The average molecular weight is 875 g/mol. The number of ether oxygens (including phenoxy) is 2. The number of Topliss-reactive ketones (excluding diaryl/α,β-unsaturated/α-hetero) is 1. The average Bonchev–Trinajstić information content (AvgIpc) is 3.96. The fourth-order valence-electron chi connectivity index (χ4n) is 12.6. The van der Waals surface area contributed by atoms with Crippen LogP contribution >= 0.6 is 0 Å². The van der Waals surface area contributed by atoms with Gasteiger partial charge in [-0.2, -0.15) is 0 Å². The standard InChI is InChI=1S/C40H60N4O7.C6H10.C2H6O.C2H6.4H2/c1-9-25-21-40(25,24(2)45)43-30(46)27-22-39-23-44(27)32(48)29(35(6)16-18-50-19-17-35)41-31(47)28(42-33(49)51-34(3,4)5)36(7)13-10-12-26(20-36)37(39,8)38(39)14-11-15-38;1-3-5-6-4-2;1-2-3;1-2;;;;/h9,25-29H,1,10-23H2,2-8H3,(H,41,47)(H,42,49)(H,43,46);3-4H2,1-2H3;3H,2H2,1H3;1-2H3;4*1H/t25-,26?,27+,28-,29-,36?,37?,39-,40+;;;;;;;/m1......./s1. The smallest absolute Gasteiger partial charge is 0.408 e. The highest BCUT2D eigenvalue weighted by Gasteiger charge is 2.89. The molecule has 0 aromatic carbocycles. The van der Waals surface area contributed by atoms with E-state index in [2.05, 4.69) is 62.1 Å². The summed E-state index contributed by atoms with van der Waals surface area (Å²) in [7, 11) is 0. The van der Waals surface area contributed by atoms with Gasteiger partial charge in [-0.3, -0.25) is 19.2 Å². The van der Waals surface area contributed by atoms with Crippen molar-refractivity contribution in [2.75, 3.05) is 26.4 Å². The van der Waals surface area contributed by atoms with Gasteiger partial charge in [0.25, 0.3) is 0 Å². The summed E-state index contributed by atoms with van der Waals surface area (Å²) >= 11 is 0. The molecule has 3 heterocycles. The molecule has 3 aliphatic heterocycles. The van der Waals surface area contributed by atoms with Gasteiger partial charge in [0.1, 0.15) is 29.3 Å². The SMILES string of the molecule is C=C[C@@H]1C[C@]1(NC(=O)[C@@H]1C[C@@]23CN1C(=O)[C@H](C1(C)CCOCC1)NC(=O)[C@@H](NC(=O)OC(C)(C)C)C1(C)CCCC(C1)C2(C)C31CCC1)C(C)=O.CC.CCC#CCC.CCO.[HH].[HH].[HH].[HH]. The molecule has 358 valence electrons. The minimum atomic E-state index is -0.987. The zero-order chi connectivity index (χ0) is 46.5. The third-order valence-electron chi connectivity index (χ3n) is 16.1.